The molecule has 0 aromatic heterocycles. The quantitative estimate of drug-likeness (QED) is 0.250. The van der Waals surface area contributed by atoms with Gasteiger partial charge in [-0.3, -0.25) is 0 Å². The van der Waals surface area contributed by atoms with Crippen molar-refractivity contribution in [3.05, 3.63) is 137 Å². The van der Waals surface area contributed by atoms with Crippen molar-refractivity contribution in [2.45, 2.75) is 56.6 Å². The van der Waals surface area contributed by atoms with Gasteiger partial charge in [0.15, 0.2) is 0 Å². The predicted molar refractivity (Wildman–Crippen MR) is 167 cm³/mol. The molecule has 2 aliphatic carbocycles. The van der Waals surface area contributed by atoms with Gasteiger partial charge in [-0.05, 0) is 93.3 Å². The lowest BCUT2D eigenvalue weighted by molar-refractivity contribution is 0.575. The van der Waals surface area contributed by atoms with Gasteiger partial charge >= 0.3 is 6.92 Å². The Balaban J connectivity index is 1.41. The Hall–Kier alpha value is -3.98. The number of benzene rings is 4. The Kier molecular flexibility index (Phi) is 4.80. The monoisotopic (exact) mass is 519 g/mol. The van der Waals surface area contributed by atoms with Crippen molar-refractivity contribution >= 4 is 29.6 Å². The number of anilines is 3. The Morgan fingerprint density at radius 2 is 1.32 bits per heavy atom. The molecular weight excluding hydrogens is 485 g/mol. The van der Waals surface area contributed by atoms with E-state index >= 15 is 0 Å². The summed E-state index contributed by atoms with van der Waals surface area (Å²) in [5.41, 5.74) is 11.6. The van der Waals surface area contributed by atoms with Crippen LogP contribution in [0.3, 0.4) is 0 Å². The summed E-state index contributed by atoms with van der Waals surface area (Å²) in [6.45, 7) is 9.50. The topological polar surface area (TPSA) is 12.5 Å². The zero-order valence-electron chi connectivity index (χ0n) is 23.7. The lowest BCUT2D eigenvalue weighted by Gasteiger charge is -2.46. The van der Waals surface area contributed by atoms with Crippen LogP contribution >= 0.6 is 0 Å². The van der Waals surface area contributed by atoms with Gasteiger partial charge < -0.3 is 9.55 Å². The molecule has 0 atom stereocenters. The van der Waals surface area contributed by atoms with E-state index in [1.54, 1.807) is 0 Å². The first-order valence-electron chi connectivity index (χ1n) is 14.6. The highest BCUT2D eigenvalue weighted by Gasteiger charge is 2.72. The summed E-state index contributed by atoms with van der Waals surface area (Å²) >= 11 is 0. The second kappa shape index (κ2) is 8.04. The minimum Gasteiger partial charge on any atom is -0.560 e. The molecule has 1 fully saturated rings. The van der Waals surface area contributed by atoms with Crippen LogP contribution < -0.4 is 9.55 Å². The van der Waals surface area contributed by atoms with E-state index in [-0.39, 0.29) is 23.0 Å². The second-order valence-electron chi connectivity index (χ2n) is 12.9. The Morgan fingerprint density at radius 1 is 0.700 bits per heavy atom. The summed E-state index contributed by atoms with van der Waals surface area (Å²) < 4.78 is 6.79. The highest BCUT2D eigenvalue weighted by Crippen LogP contribution is 2.74. The molecule has 8 rings (SSSR count). The highest BCUT2D eigenvalue weighted by atomic mass is 16.4. The third-order valence-corrected chi connectivity index (χ3v) is 10.6. The van der Waals surface area contributed by atoms with E-state index in [9.17, 15) is 0 Å². The summed E-state index contributed by atoms with van der Waals surface area (Å²) in [6.07, 6.45) is 6.83. The van der Waals surface area contributed by atoms with E-state index in [1.807, 2.05) is 0 Å². The van der Waals surface area contributed by atoms with Gasteiger partial charge in [0.25, 0.3) is 0 Å². The fourth-order valence-electron chi connectivity index (χ4n) is 7.89. The van der Waals surface area contributed by atoms with Crippen molar-refractivity contribution < 1.29 is 4.65 Å². The molecule has 2 heterocycles. The van der Waals surface area contributed by atoms with Crippen LogP contribution in [0.5, 0.6) is 5.75 Å². The normalized spacial score (nSPS) is 20.1. The van der Waals surface area contributed by atoms with Gasteiger partial charge in [0.1, 0.15) is 0 Å². The molecule has 0 N–H and O–H groups in total. The Morgan fingerprint density at radius 3 is 1.98 bits per heavy atom. The average Bonchev–Trinajstić information content (AvgIpc) is 3.22. The molecule has 2 aliphatic heterocycles. The van der Waals surface area contributed by atoms with Crippen molar-refractivity contribution in [1.82, 2.24) is 0 Å². The van der Waals surface area contributed by atoms with Crippen LogP contribution in [-0.4, -0.2) is 6.92 Å². The molecule has 2 nitrogen and oxygen atoms in total. The predicted octanol–water partition coefficient (Wildman–Crippen LogP) is 9.87. The molecule has 4 aromatic rings. The molecule has 0 radical (unpaired) electrons. The van der Waals surface area contributed by atoms with Crippen molar-refractivity contribution in [3.8, 4) is 5.75 Å². The van der Waals surface area contributed by atoms with E-state index in [4.69, 9.17) is 4.65 Å². The van der Waals surface area contributed by atoms with E-state index in [0.29, 0.717) is 0 Å². The molecule has 196 valence electrons. The summed E-state index contributed by atoms with van der Waals surface area (Å²) in [7, 11) is 0. The minimum atomic E-state index is -0.359. The number of para-hydroxylation sites is 3. The zero-order valence-corrected chi connectivity index (χ0v) is 23.7. The molecule has 1 saturated heterocycles. The summed E-state index contributed by atoms with van der Waals surface area (Å²) in [5.74, 6) is 0.978. The van der Waals surface area contributed by atoms with Crippen molar-refractivity contribution in [3.63, 3.8) is 0 Å². The fraction of sp³-hybridized carbons (Fsp3) is 0.243. The second-order valence-corrected chi connectivity index (χ2v) is 12.9. The van der Waals surface area contributed by atoms with Crippen LogP contribution in [0.15, 0.2) is 115 Å². The first kappa shape index (κ1) is 23.9. The maximum Gasteiger partial charge on any atom is 0.369 e. The third-order valence-electron chi connectivity index (χ3n) is 10.6. The summed E-state index contributed by atoms with van der Waals surface area (Å²) in [5, 5.41) is 0.314. The summed E-state index contributed by atoms with van der Waals surface area (Å²) in [4.78, 5) is 2.45. The van der Waals surface area contributed by atoms with Crippen LogP contribution in [-0.2, 0) is 5.41 Å². The zero-order chi connectivity index (χ0) is 27.3. The maximum atomic E-state index is 6.79. The number of hydrogen-bond acceptors (Lipinski definition) is 2. The number of fused-ring (bicyclic) bond motifs is 8. The van der Waals surface area contributed by atoms with Crippen LogP contribution in [0, 0.1) is 0 Å². The molecule has 0 saturated carbocycles. The van der Waals surface area contributed by atoms with E-state index in [0.717, 1.165) is 18.6 Å². The smallest absolute Gasteiger partial charge is 0.369 e. The molecule has 0 amide bonds. The van der Waals surface area contributed by atoms with E-state index in [2.05, 4.69) is 142 Å². The molecule has 4 aromatic carbocycles. The van der Waals surface area contributed by atoms with Crippen molar-refractivity contribution in [1.29, 1.82) is 0 Å². The highest BCUT2D eigenvalue weighted by molar-refractivity contribution is 6.73. The largest absolute Gasteiger partial charge is 0.560 e. The number of nitrogens with zero attached hydrogens (tertiary/aromatic N) is 1. The Labute approximate surface area is 238 Å². The molecule has 1 spiro atoms. The van der Waals surface area contributed by atoms with E-state index < -0.39 is 0 Å². The van der Waals surface area contributed by atoms with Gasteiger partial charge in [0.05, 0.1) is 22.5 Å². The maximum absolute atomic E-state index is 6.79. The molecular formula is C37H34BNO. The summed E-state index contributed by atoms with van der Waals surface area (Å²) in [6, 6.07) is 35.8. The van der Waals surface area contributed by atoms with Crippen LogP contribution in [0.2, 0.25) is 10.6 Å². The van der Waals surface area contributed by atoms with Gasteiger partial charge in [-0.2, -0.15) is 0 Å². The first-order chi connectivity index (χ1) is 19.4. The molecule has 0 bridgehead atoms. The number of hydrogen-bond donors (Lipinski definition) is 0. The van der Waals surface area contributed by atoms with Gasteiger partial charge in [-0.1, -0.05) is 101 Å². The Bertz CT molecular complexity index is 1680. The molecule has 0 unspecified atom stereocenters. The molecule has 40 heavy (non-hydrogen) atoms. The fourth-order valence-corrected chi connectivity index (χ4v) is 7.89. The van der Waals surface area contributed by atoms with E-state index in [1.165, 1.54) is 50.5 Å². The lowest BCUT2D eigenvalue weighted by atomic mass is 9.62. The lowest BCUT2D eigenvalue weighted by Crippen LogP contribution is -2.37. The van der Waals surface area contributed by atoms with Crippen LogP contribution in [0.25, 0.3) is 5.57 Å². The van der Waals surface area contributed by atoms with Crippen molar-refractivity contribution in [2.75, 3.05) is 4.90 Å². The van der Waals surface area contributed by atoms with Gasteiger partial charge in [-0.25, -0.2) is 0 Å². The van der Waals surface area contributed by atoms with Gasteiger partial charge in [-0.15, -0.1) is 0 Å². The molecule has 4 aliphatic rings. The number of allylic oxidation sites excluding steroid dienone is 4. The van der Waals surface area contributed by atoms with Gasteiger partial charge in [0.2, 0.25) is 0 Å². The molecule has 3 heteroatoms. The SMILES string of the molecule is CC1(C)B(Oc2ccc3c(c2)C2(C4=C3C=CCC4)c3ccccc3N(c3ccccc3)c3ccccc32)C1(C)C. The van der Waals surface area contributed by atoms with Crippen LogP contribution in [0.1, 0.15) is 62.8 Å². The standard InChI is InChI=1S/C37H34BNO/c1-35(2)36(3,4)38(35)40-26-22-23-28-27-16-8-9-17-29(27)37(32(28)24-26)30-18-10-12-20-33(30)39(25-14-6-5-7-15-25)34-21-13-11-19-31(34)37/h5-8,10-16,18-24H,9,17H2,1-4H3. The third kappa shape index (κ3) is 2.90. The van der Waals surface area contributed by atoms with Crippen molar-refractivity contribution in [2.24, 2.45) is 0 Å². The first-order valence-corrected chi connectivity index (χ1v) is 14.6. The van der Waals surface area contributed by atoms with Crippen LogP contribution in [0.4, 0.5) is 17.1 Å². The number of rotatable bonds is 3. The minimum absolute atomic E-state index is 0.157. The van der Waals surface area contributed by atoms with Gasteiger partial charge in [0, 0.05) is 5.69 Å². The average molecular weight is 519 g/mol.